The molecule has 1 fully saturated rings. The van der Waals surface area contributed by atoms with E-state index in [1.807, 2.05) is 25.3 Å². The van der Waals surface area contributed by atoms with E-state index in [-0.39, 0.29) is 0 Å². The van der Waals surface area contributed by atoms with Crippen LogP contribution in [0.15, 0.2) is 18.3 Å². The van der Waals surface area contributed by atoms with Gasteiger partial charge in [-0.05, 0) is 31.4 Å². The Hall–Kier alpha value is -1.13. The normalized spacial score (nSPS) is 19.8. The fourth-order valence-corrected chi connectivity index (χ4v) is 1.94. The summed E-state index contributed by atoms with van der Waals surface area (Å²) in [5.41, 5.74) is 6.07. The summed E-state index contributed by atoms with van der Waals surface area (Å²) in [7, 11) is 0. The van der Waals surface area contributed by atoms with Gasteiger partial charge in [0.05, 0.1) is 5.60 Å². The van der Waals surface area contributed by atoms with Crippen LogP contribution in [0, 0.1) is 0 Å². The SMILES string of the molecule is CC1(O)CCN(c2ccc(CN)cn2)CC1. The Labute approximate surface area is 96.1 Å². The molecule has 0 amide bonds. The highest BCUT2D eigenvalue weighted by Gasteiger charge is 2.27. The first-order chi connectivity index (χ1) is 7.61. The molecule has 0 atom stereocenters. The molecule has 0 radical (unpaired) electrons. The van der Waals surface area contributed by atoms with Crippen molar-refractivity contribution in [3.8, 4) is 0 Å². The predicted molar refractivity (Wildman–Crippen MR) is 64.2 cm³/mol. The third kappa shape index (κ3) is 2.51. The van der Waals surface area contributed by atoms with Crippen molar-refractivity contribution in [1.29, 1.82) is 0 Å². The zero-order valence-corrected chi connectivity index (χ0v) is 9.69. The van der Waals surface area contributed by atoms with E-state index in [1.54, 1.807) is 0 Å². The van der Waals surface area contributed by atoms with Crippen LogP contribution < -0.4 is 10.6 Å². The summed E-state index contributed by atoms with van der Waals surface area (Å²) >= 11 is 0. The number of nitrogens with two attached hydrogens (primary N) is 1. The van der Waals surface area contributed by atoms with Crippen LogP contribution in [0.3, 0.4) is 0 Å². The molecule has 1 aromatic heterocycles. The first-order valence-electron chi connectivity index (χ1n) is 5.73. The molecule has 1 aromatic rings. The maximum atomic E-state index is 9.86. The lowest BCUT2D eigenvalue weighted by Gasteiger charge is -2.36. The van der Waals surface area contributed by atoms with E-state index in [9.17, 15) is 5.11 Å². The van der Waals surface area contributed by atoms with Crippen LogP contribution in [-0.4, -0.2) is 28.8 Å². The van der Waals surface area contributed by atoms with Crippen molar-refractivity contribution in [2.75, 3.05) is 18.0 Å². The quantitative estimate of drug-likeness (QED) is 0.778. The molecule has 2 rings (SSSR count). The highest BCUT2D eigenvalue weighted by Crippen LogP contribution is 2.24. The van der Waals surface area contributed by atoms with E-state index >= 15 is 0 Å². The molecule has 4 heteroatoms. The number of aliphatic hydroxyl groups is 1. The fraction of sp³-hybridized carbons (Fsp3) is 0.583. The van der Waals surface area contributed by atoms with Crippen LogP contribution in [0.25, 0.3) is 0 Å². The highest BCUT2D eigenvalue weighted by molar-refractivity contribution is 5.40. The summed E-state index contributed by atoms with van der Waals surface area (Å²) in [5.74, 6) is 0.979. The Morgan fingerprint density at radius 3 is 2.62 bits per heavy atom. The largest absolute Gasteiger partial charge is 0.390 e. The van der Waals surface area contributed by atoms with Crippen molar-refractivity contribution in [2.24, 2.45) is 5.73 Å². The number of rotatable bonds is 2. The van der Waals surface area contributed by atoms with Gasteiger partial charge in [0.2, 0.25) is 0 Å². The second-order valence-corrected chi connectivity index (χ2v) is 4.71. The van der Waals surface area contributed by atoms with Gasteiger partial charge in [0.25, 0.3) is 0 Å². The zero-order chi connectivity index (χ0) is 11.6. The molecular weight excluding hydrogens is 202 g/mol. The van der Waals surface area contributed by atoms with Crippen molar-refractivity contribution < 1.29 is 5.11 Å². The summed E-state index contributed by atoms with van der Waals surface area (Å²) in [4.78, 5) is 6.59. The topological polar surface area (TPSA) is 62.4 Å². The third-order valence-electron chi connectivity index (χ3n) is 3.21. The van der Waals surface area contributed by atoms with E-state index in [4.69, 9.17) is 5.73 Å². The van der Waals surface area contributed by atoms with Crippen LogP contribution >= 0.6 is 0 Å². The number of pyridine rings is 1. The number of hydrogen-bond acceptors (Lipinski definition) is 4. The number of aromatic nitrogens is 1. The molecule has 1 aliphatic rings. The Kier molecular flexibility index (Phi) is 3.12. The maximum absolute atomic E-state index is 9.86. The molecule has 0 spiro atoms. The van der Waals surface area contributed by atoms with Gasteiger partial charge in [-0.3, -0.25) is 0 Å². The van der Waals surface area contributed by atoms with E-state index in [0.29, 0.717) is 6.54 Å². The molecule has 16 heavy (non-hydrogen) atoms. The molecule has 3 N–H and O–H groups in total. The number of anilines is 1. The predicted octanol–water partition coefficient (Wildman–Crippen LogP) is 0.892. The zero-order valence-electron chi connectivity index (χ0n) is 9.69. The van der Waals surface area contributed by atoms with Gasteiger partial charge < -0.3 is 15.7 Å². The molecule has 0 saturated carbocycles. The molecule has 4 nitrogen and oxygen atoms in total. The summed E-state index contributed by atoms with van der Waals surface area (Å²) < 4.78 is 0. The molecule has 0 unspecified atom stereocenters. The van der Waals surface area contributed by atoms with Gasteiger partial charge in [-0.1, -0.05) is 6.07 Å². The van der Waals surface area contributed by atoms with Gasteiger partial charge in [-0.15, -0.1) is 0 Å². The summed E-state index contributed by atoms with van der Waals surface area (Å²) in [6.07, 6.45) is 3.42. The average Bonchev–Trinajstić information content (AvgIpc) is 2.29. The standard InChI is InChI=1S/C12H19N3O/c1-12(16)4-6-15(7-5-12)11-3-2-10(8-13)9-14-11/h2-3,9,16H,4-8,13H2,1H3. The van der Waals surface area contributed by atoms with Crippen LogP contribution in [-0.2, 0) is 6.54 Å². The smallest absolute Gasteiger partial charge is 0.128 e. The van der Waals surface area contributed by atoms with Gasteiger partial charge in [0, 0.05) is 25.8 Å². The van der Waals surface area contributed by atoms with Gasteiger partial charge in [-0.2, -0.15) is 0 Å². The van der Waals surface area contributed by atoms with Crippen LogP contribution in [0.5, 0.6) is 0 Å². The van der Waals surface area contributed by atoms with E-state index in [2.05, 4.69) is 9.88 Å². The third-order valence-corrected chi connectivity index (χ3v) is 3.21. The van der Waals surface area contributed by atoms with Crippen molar-refractivity contribution >= 4 is 5.82 Å². The van der Waals surface area contributed by atoms with Crippen molar-refractivity contribution in [3.05, 3.63) is 23.9 Å². The second-order valence-electron chi connectivity index (χ2n) is 4.71. The minimum absolute atomic E-state index is 0.506. The first kappa shape index (κ1) is 11.4. The maximum Gasteiger partial charge on any atom is 0.128 e. The highest BCUT2D eigenvalue weighted by atomic mass is 16.3. The lowest BCUT2D eigenvalue weighted by Crippen LogP contribution is -2.42. The van der Waals surface area contributed by atoms with Gasteiger partial charge >= 0.3 is 0 Å². The minimum Gasteiger partial charge on any atom is -0.390 e. The van der Waals surface area contributed by atoms with Gasteiger partial charge in [-0.25, -0.2) is 4.98 Å². The molecule has 88 valence electrons. The summed E-state index contributed by atoms with van der Waals surface area (Å²) in [5, 5.41) is 9.86. The van der Waals surface area contributed by atoms with Crippen LogP contribution in [0.2, 0.25) is 0 Å². The van der Waals surface area contributed by atoms with Crippen LogP contribution in [0.4, 0.5) is 5.82 Å². The van der Waals surface area contributed by atoms with E-state index in [1.165, 1.54) is 0 Å². The van der Waals surface area contributed by atoms with Crippen molar-refractivity contribution in [2.45, 2.75) is 31.9 Å². The summed E-state index contributed by atoms with van der Waals surface area (Å²) in [6, 6.07) is 4.01. The Morgan fingerprint density at radius 2 is 2.12 bits per heavy atom. The average molecular weight is 221 g/mol. The Balaban J connectivity index is 2.03. The number of piperidine rings is 1. The molecule has 1 aliphatic heterocycles. The monoisotopic (exact) mass is 221 g/mol. The van der Waals surface area contributed by atoms with Crippen molar-refractivity contribution in [3.63, 3.8) is 0 Å². The number of hydrogen-bond donors (Lipinski definition) is 2. The summed E-state index contributed by atoms with van der Waals surface area (Å²) in [6.45, 7) is 4.15. The molecule has 2 heterocycles. The van der Waals surface area contributed by atoms with Crippen molar-refractivity contribution in [1.82, 2.24) is 4.98 Å². The lowest BCUT2D eigenvalue weighted by atomic mass is 9.94. The molecule has 1 saturated heterocycles. The van der Waals surface area contributed by atoms with Crippen LogP contribution in [0.1, 0.15) is 25.3 Å². The first-order valence-corrected chi connectivity index (χ1v) is 5.73. The van der Waals surface area contributed by atoms with E-state index in [0.717, 1.165) is 37.3 Å². The van der Waals surface area contributed by atoms with E-state index < -0.39 is 5.60 Å². The van der Waals surface area contributed by atoms with Gasteiger partial charge in [0.15, 0.2) is 0 Å². The fourth-order valence-electron chi connectivity index (χ4n) is 1.94. The minimum atomic E-state index is -0.506. The Morgan fingerprint density at radius 1 is 1.44 bits per heavy atom. The second kappa shape index (κ2) is 4.39. The molecule has 0 bridgehead atoms. The number of nitrogens with zero attached hydrogens (tertiary/aromatic N) is 2. The van der Waals surface area contributed by atoms with Gasteiger partial charge in [0.1, 0.15) is 5.82 Å². The molecule has 0 aliphatic carbocycles. The Bertz CT molecular complexity index is 338. The lowest BCUT2D eigenvalue weighted by molar-refractivity contribution is 0.0350. The molecule has 0 aromatic carbocycles. The molecular formula is C12H19N3O.